The maximum Gasteiger partial charge on any atom is 0.315 e. The molecule has 3 aromatic carbocycles. The number of methoxy groups -OCH3 is 1. The molecule has 194 valence electrons. The lowest BCUT2D eigenvalue weighted by molar-refractivity contribution is -0.146. The molecule has 0 saturated carbocycles. The van der Waals surface area contributed by atoms with Gasteiger partial charge in [0.15, 0.2) is 0 Å². The molecule has 1 unspecified atom stereocenters. The molecule has 4 heteroatoms. The molecule has 0 aliphatic carbocycles. The van der Waals surface area contributed by atoms with Crippen molar-refractivity contribution in [2.24, 2.45) is 0 Å². The van der Waals surface area contributed by atoms with Gasteiger partial charge in [0.05, 0.1) is 18.6 Å². The lowest BCUT2D eigenvalue weighted by atomic mass is 9.84. The highest BCUT2D eigenvalue weighted by atomic mass is 16.5. The summed E-state index contributed by atoms with van der Waals surface area (Å²) in [5.41, 5.74) is 6.57. The molecule has 4 nitrogen and oxygen atoms in total. The van der Waals surface area contributed by atoms with E-state index in [4.69, 9.17) is 4.74 Å². The van der Waals surface area contributed by atoms with E-state index < -0.39 is 11.5 Å². The molecule has 1 saturated heterocycles. The first-order valence-electron chi connectivity index (χ1n) is 13.3. The Morgan fingerprint density at radius 1 is 0.892 bits per heavy atom. The molecule has 4 rings (SSSR count). The molecule has 0 amide bonds. The standard InChI is InChI=1S/C33H39NO3/c1-33(2,32(36)37-3)29-18-16-25(17-19-29)30(35)15-10-22-34-23-20-28(21-24-34)31(26-11-6-4-7-12-26)27-13-8-5-9-14-27/h4-9,11-14,16-19,30,35H,10,15,20-24H2,1-3H3. The van der Waals surface area contributed by atoms with Crippen LogP contribution in [0.1, 0.15) is 67.9 Å². The Morgan fingerprint density at radius 3 is 1.95 bits per heavy atom. The predicted octanol–water partition coefficient (Wildman–Crippen LogP) is 6.55. The first-order chi connectivity index (χ1) is 17.9. The molecule has 1 aliphatic rings. The van der Waals surface area contributed by atoms with Gasteiger partial charge in [0.2, 0.25) is 0 Å². The summed E-state index contributed by atoms with van der Waals surface area (Å²) in [6.45, 7) is 6.79. The van der Waals surface area contributed by atoms with E-state index in [0.717, 1.165) is 56.4 Å². The molecule has 0 bridgehead atoms. The van der Waals surface area contributed by atoms with Crippen LogP contribution in [-0.2, 0) is 14.9 Å². The third kappa shape index (κ3) is 6.57. The average Bonchev–Trinajstić information content (AvgIpc) is 2.94. The van der Waals surface area contributed by atoms with Crippen LogP contribution in [0.5, 0.6) is 0 Å². The van der Waals surface area contributed by atoms with Crippen LogP contribution in [0.4, 0.5) is 0 Å². The van der Waals surface area contributed by atoms with Crippen LogP contribution in [0.3, 0.4) is 0 Å². The second kappa shape index (κ2) is 12.4. The fourth-order valence-corrected chi connectivity index (χ4v) is 5.25. The summed E-state index contributed by atoms with van der Waals surface area (Å²) in [6, 6.07) is 29.2. The molecule has 0 radical (unpaired) electrons. The average molecular weight is 498 g/mol. The van der Waals surface area contributed by atoms with Crippen molar-refractivity contribution in [2.75, 3.05) is 26.7 Å². The summed E-state index contributed by atoms with van der Waals surface area (Å²) in [4.78, 5) is 14.6. The summed E-state index contributed by atoms with van der Waals surface area (Å²) in [6.07, 6.45) is 3.30. The van der Waals surface area contributed by atoms with E-state index in [-0.39, 0.29) is 5.97 Å². The van der Waals surface area contributed by atoms with Gasteiger partial charge in [0.1, 0.15) is 0 Å². The topological polar surface area (TPSA) is 49.8 Å². The van der Waals surface area contributed by atoms with Gasteiger partial charge in [-0.2, -0.15) is 0 Å². The van der Waals surface area contributed by atoms with Crippen molar-refractivity contribution in [2.45, 2.75) is 51.0 Å². The van der Waals surface area contributed by atoms with E-state index >= 15 is 0 Å². The molecular formula is C33H39NO3. The Hall–Kier alpha value is -3.21. The molecule has 0 spiro atoms. The van der Waals surface area contributed by atoms with E-state index in [2.05, 4.69) is 65.6 Å². The quantitative estimate of drug-likeness (QED) is 0.341. The Morgan fingerprint density at radius 2 is 1.43 bits per heavy atom. The van der Waals surface area contributed by atoms with Gasteiger partial charge in [-0.3, -0.25) is 4.79 Å². The number of hydrogen-bond donors (Lipinski definition) is 1. The summed E-state index contributed by atoms with van der Waals surface area (Å²) in [5.74, 6) is -0.264. The van der Waals surface area contributed by atoms with E-state index in [1.807, 2.05) is 38.1 Å². The molecule has 1 heterocycles. The number of aliphatic hydroxyl groups is 1. The van der Waals surface area contributed by atoms with Gasteiger partial charge in [0, 0.05) is 13.1 Å². The van der Waals surface area contributed by atoms with Crippen LogP contribution in [-0.4, -0.2) is 42.7 Å². The number of nitrogens with zero attached hydrogens (tertiary/aromatic N) is 1. The highest BCUT2D eigenvalue weighted by molar-refractivity contribution is 5.82. The van der Waals surface area contributed by atoms with Crippen LogP contribution in [0.15, 0.2) is 90.5 Å². The predicted molar refractivity (Wildman–Crippen MR) is 150 cm³/mol. The largest absolute Gasteiger partial charge is 0.468 e. The summed E-state index contributed by atoms with van der Waals surface area (Å²) in [7, 11) is 1.41. The Labute approximate surface area is 221 Å². The third-order valence-corrected chi connectivity index (χ3v) is 7.60. The molecular weight excluding hydrogens is 458 g/mol. The zero-order chi connectivity index (χ0) is 26.3. The van der Waals surface area contributed by atoms with Gasteiger partial charge in [-0.25, -0.2) is 0 Å². The van der Waals surface area contributed by atoms with Crippen LogP contribution in [0.25, 0.3) is 5.57 Å². The summed E-state index contributed by atoms with van der Waals surface area (Å²) < 4.78 is 4.93. The van der Waals surface area contributed by atoms with Gasteiger partial charge in [-0.05, 0) is 73.9 Å². The number of hydrogen-bond acceptors (Lipinski definition) is 4. The van der Waals surface area contributed by atoms with E-state index in [9.17, 15) is 9.90 Å². The van der Waals surface area contributed by atoms with Crippen LogP contribution >= 0.6 is 0 Å². The van der Waals surface area contributed by atoms with Crippen molar-refractivity contribution in [1.82, 2.24) is 4.90 Å². The number of esters is 1. The number of rotatable bonds is 9. The van der Waals surface area contributed by atoms with E-state index in [1.165, 1.54) is 29.4 Å². The molecule has 1 atom stereocenters. The van der Waals surface area contributed by atoms with Gasteiger partial charge in [-0.15, -0.1) is 0 Å². The van der Waals surface area contributed by atoms with E-state index in [0.29, 0.717) is 0 Å². The second-order valence-electron chi connectivity index (χ2n) is 10.4. The smallest absolute Gasteiger partial charge is 0.315 e. The fourth-order valence-electron chi connectivity index (χ4n) is 5.25. The zero-order valence-corrected chi connectivity index (χ0v) is 22.3. The molecule has 1 aliphatic heterocycles. The zero-order valence-electron chi connectivity index (χ0n) is 22.3. The number of piperidine rings is 1. The highest BCUT2D eigenvalue weighted by Gasteiger charge is 2.30. The van der Waals surface area contributed by atoms with Crippen molar-refractivity contribution in [1.29, 1.82) is 0 Å². The maximum absolute atomic E-state index is 12.1. The molecule has 1 fully saturated rings. The van der Waals surface area contributed by atoms with Crippen molar-refractivity contribution < 1.29 is 14.6 Å². The van der Waals surface area contributed by atoms with Crippen molar-refractivity contribution in [3.63, 3.8) is 0 Å². The second-order valence-corrected chi connectivity index (χ2v) is 10.4. The van der Waals surface area contributed by atoms with Gasteiger partial charge >= 0.3 is 5.97 Å². The first kappa shape index (κ1) is 26.8. The van der Waals surface area contributed by atoms with Crippen molar-refractivity contribution in [3.8, 4) is 0 Å². The first-order valence-corrected chi connectivity index (χ1v) is 13.3. The normalized spacial score (nSPS) is 15.3. The van der Waals surface area contributed by atoms with Crippen LogP contribution in [0.2, 0.25) is 0 Å². The lowest BCUT2D eigenvalue weighted by Gasteiger charge is -2.30. The molecule has 1 N–H and O–H groups in total. The maximum atomic E-state index is 12.1. The van der Waals surface area contributed by atoms with Crippen LogP contribution < -0.4 is 0 Å². The third-order valence-electron chi connectivity index (χ3n) is 7.60. The highest BCUT2D eigenvalue weighted by Crippen LogP contribution is 2.32. The minimum Gasteiger partial charge on any atom is -0.468 e. The van der Waals surface area contributed by atoms with Gasteiger partial charge in [-0.1, -0.05) is 90.5 Å². The van der Waals surface area contributed by atoms with E-state index in [1.54, 1.807) is 0 Å². The lowest BCUT2D eigenvalue weighted by Crippen LogP contribution is -2.32. The minimum absolute atomic E-state index is 0.264. The number of carbonyl (C=O) groups is 1. The Bertz CT molecular complexity index is 1130. The monoisotopic (exact) mass is 497 g/mol. The number of benzene rings is 3. The fraction of sp³-hybridized carbons (Fsp3) is 0.364. The number of aliphatic hydroxyl groups excluding tert-OH is 1. The number of ether oxygens (including phenoxy) is 1. The summed E-state index contributed by atoms with van der Waals surface area (Å²) >= 11 is 0. The molecule has 3 aromatic rings. The van der Waals surface area contributed by atoms with Crippen molar-refractivity contribution >= 4 is 11.5 Å². The van der Waals surface area contributed by atoms with Crippen molar-refractivity contribution in [3.05, 3.63) is 113 Å². The number of carbonyl (C=O) groups excluding carboxylic acids is 1. The summed E-state index contributed by atoms with van der Waals surface area (Å²) in [5, 5.41) is 10.7. The molecule has 0 aromatic heterocycles. The SMILES string of the molecule is COC(=O)C(C)(C)c1ccc(C(O)CCCN2CCC(=C(c3ccccc3)c3ccccc3)CC2)cc1. The van der Waals surface area contributed by atoms with Crippen LogP contribution in [0, 0.1) is 0 Å². The van der Waals surface area contributed by atoms with Gasteiger partial charge in [0.25, 0.3) is 0 Å². The Balaban J connectivity index is 1.32. The minimum atomic E-state index is -0.708. The number of likely N-dealkylation sites (tertiary alicyclic amines) is 1. The Kier molecular flexibility index (Phi) is 8.96. The molecule has 37 heavy (non-hydrogen) atoms. The van der Waals surface area contributed by atoms with Gasteiger partial charge < -0.3 is 14.7 Å².